The molecule has 34 heavy (non-hydrogen) atoms. The molecule has 5 heterocycles. The van der Waals surface area contributed by atoms with E-state index >= 15 is 0 Å². The fourth-order valence-electron chi connectivity index (χ4n) is 3.16. The molecule has 8 nitrogen and oxygen atoms in total. The molecule has 4 aromatic heterocycles. The van der Waals surface area contributed by atoms with Crippen LogP contribution in [0.1, 0.15) is 18.6 Å². The van der Waals surface area contributed by atoms with Crippen molar-refractivity contribution in [2.24, 2.45) is 0 Å². The van der Waals surface area contributed by atoms with Crippen LogP contribution in [0.2, 0.25) is 15.7 Å². The average molecular weight is 653 g/mol. The molecule has 13 heteroatoms. The molecule has 1 saturated heterocycles. The van der Waals surface area contributed by atoms with Crippen LogP contribution in [0.4, 0.5) is 5.82 Å². The lowest BCUT2D eigenvalue weighted by molar-refractivity contribution is 0.122. The monoisotopic (exact) mass is 649 g/mol. The number of aromatic nitrogens is 6. The molecule has 1 aliphatic heterocycles. The molecule has 0 spiro atoms. The fourth-order valence-corrected chi connectivity index (χ4v) is 4.39. The predicted molar refractivity (Wildman–Crippen MR) is 145 cm³/mol. The molecule has 1 fully saturated rings. The number of halogens is 5. The van der Waals surface area contributed by atoms with Gasteiger partial charge in [-0.2, -0.15) is 4.98 Å². The van der Waals surface area contributed by atoms with Gasteiger partial charge in [-0.3, -0.25) is 9.97 Å². The molecule has 0 atom stereocenters. The lowest BCUT2D eigenvalue weighted by Gasteiger charge is -2.28. The maximum Gasteiger partial charge on any atom is 0.225 e. The summed E-state index contributed by atoms with van der Waals surface area (Å²) in [5, 5.41) is 2.12. The van der Waals surface area contributed by atoms with Crippen LogP contribution in [0.5, 0.6) is 0 Å². The summed E-state index contributed by atoms with van der Waals surface area (Å²) in [6.07, 6.45) is 3.55. The number of ether oxygens (including phenoxy) is 1. The number of fused-ring (bicyclic) bond motifs is 2. The van der Waals surface area contributed by atoms with Gasteiger partial charge in [-0.1, -0.05) is 50.9 Å². The first-order valence-electron chi connectivity index (χ1n) is 9.73. The Morgan fingerprint density at radius 3 is 1.91 bits per heavy atom. The van der Waals surface area contributed by atoms with Crippen molar-refractivity contribution in [3.63, 3.8) is 0 Å². The Morgan fingerprint density at radius 2 is 1.32 bits per heavy atom. The van der Waals surface area contributed by atoms with Crippen molar-refractivity contribution in [2.75, 3.05) is 31.2 Å². The van der Waals surface area contributed by atoms with Crippen LogP contribution >= 0.6 is 66.7 Å². The summed E-state index contributed by atoms with van der Waals surface area (Å²) >= 11 is 24.3. The number of morpholine rings is 1. The van der Waals surface area contributed by atoms with Crippen molar-refractivity contribution in [1.29, 1.82) is 0 Å². The third-order valence-corrected chi connectivity index (χ3v) is 6.59. The number of hydrogen-bond donors (Lipinski definition) is 0. The van der Waals surface area contributed by atoms with E-state index in [1.54, 1.807) is 6.20 Å². The van der Waals surface area contributed by atoms with Gasteiger partial charge in [-0.25, -0.2) is 15.0 Å². The summed E-state index contributed by atoms with van der Waals surface area (Å²) < 4.78 is 5.36. The van der Waals surface area contributed by atoms with E-state index in [-0.39, 0.29) is 23.1 Å². The summed E-state index contributed by atoms with van der Waals surface area (Å²) in [6, 6.07) is 3.85. The van der Waals surface area contributed by atoms with E-state index < -0.39 is 0 Å². The molecular weight excluding hydrogens is 632 g/mol. The topological polar surface area (TPSA) is 89.8 Å². The second-order valence-corrected chi connectivity index (χ2v) is 9.04. The largest absolute Gasteiger partial charge is 0.378 e. The Hall–Kier alpha value is -1.43. The maximum absolute atomic E-state index is 6.02. The van der Waals surface area contributed by atoms with Crippen LogP contribution in [-0.2, 0) is 15.4 Å². The molecule has 0 aliphatic carbocycles. The number of hydrogen-bond acceptors (Lipinski definition) is 8. The Bertz CT molecular complexity index is 1290. The van der Waals surface area contributed by atoms with Crippen LogP contribution in [0.15, 0.2) is 24.5 Å². The molecule has 0 saturated carbocycles. The van der Waals surface area contributed by atoms with Crippen molar-refractivity contribution < 1.29 is 4.74 Å². The first-order chi connectivity index (χ1) is 16.0. The van der Waals surface area contributed by atoms with Crippen LogP contribution in [0.25, 0.3) is 22.1 Å². The van der Waals surface area contributed by atoms with E-state index in [4.69, 9.17) is 39.5 Å². The van der Waals surface area contributed by atoms with E-state index in [0.29, 0.717) is 24.2 Å². The van der Waals surface area contributed by atoms with Gasteiger partial charge in [0.1, 0.15) is 11.0 Å². The van der Waals surface area contributed by atoms with Gasteiger partial charge in [0.15, 0.2) is 11.0 Å². The summed E-state index contributed by atoms with van der Waals surface area (Å²) in [5.74, 6) is 0.791. The zero-order valence-electron chi connectivity index (χ0n) is 17.0. The lowest BCUT2D eigenvalue weighted by Crippen LogP contribution is -2.37. The molecule has 5 rings (SSSR count). The highest BCUT2D eigenvalue weighted by Crippen LogP contribution is 2.25. The van der Waals surface area contributed by atoms with Crippen LogP contribution in [0.3, 0.4) is 0 Å². The summed E-state index contributed by atoms with van der Waals surface area (Å²) in [5.41, 5.74) is 4.88. The highest BCUT2D eigenvalue weighted by molar-refractivity contribution is 9.08. The Kier molecular flexibility index (Phi) is 9.99. The number of nitrogens with zero attached hydrogens (tertiary/aromatic N) is 7. The molecule has 0 amide bonds. The second kappa shape index (κ2) is 12.5. The normalized spacial score (nSPS) is 13.4. The molecule has 1 aliphatic rings. The van der Waals surface area contributed by atoms with Crippen molar-refractivity contribution in [3.05, 3.63) is 51.4 Å². The van der Waals surface area contributed by atoms with Gasteiger partial charge in [0.2, 0.25) is 10.6 Å². The first kappa shape index (κ1) is 27.2. The smallest absolute Gasteiger partial charge is 0.225 e. The molecule has 0 unspecified atom stereocenters. The van der Waals surface area contributed by atoms with Gasteiger partial charge in [-0.05, 0) is 46.5 Å². The number of anilines is 1. The zero-order chi connectivity index (χ0) is 23.4. The minimum atomic E-state index is 0. The average Bonchev–Trinajstić information content (AvgIpc) is 2.83. The Labute approximate surface area is 228 Å². The third kappa shape index (κ3) is 6.41. The molecule has 0 N–H and O–H groups in total. The number of rotatable bonds is 3. The van der Waals surface area contributed by atoms with Gasteiger partial charge < -0.3 is 9.64 Å². The van der Waals surface area contributed by atoms with Crippen molar-refractivity contribution in [3.8, 4) is 0 Å². The first-order valence-corrected chi connectivity index (χ1v) is 13.1. The molecule has 0 bridgehead atoms. The predicted octanol–water partition coefficient (Wildman–Crippen LogP) is 6.27. The minimum absolute atomic E-state index is 0. The van der Waals surface area contributed by atoms with Gasteiger partial charge in [0.05, 0.1) is 24.2 Å². The summed E-state index contributed by atoms with van der Waals surface area (Å²) in [4.78, 5) is 27.2. The SMILES string of the molecule is C.Clc1nc(Cl)c2ncc(CBr)cc2n1.Clc1nc(N2CCOCC2)c2ncc(CBr)cc2n1. The molecular formula is C21H20Br2Cl3N7O. The molecule has 180 valence electrons. The fraction of sp³-hybridized carbons (Fsp3) is 0.333. The Morgan fingerprint density at radius 1 is 0.794 bits per heavy atom. The lowest BCUT2D eigenvalue weighted by atomic mass is 10.2. The van der Waals surface area contributed by atoms with Crippen molar-refractivity contribution in [1.82, 2.24) is 29.9 Å². The van der Waals surface area contributed by atoms with Gasteiger partial charge in [0, 0.05) is 36.1 Å². The van der Waals surface area contributed by atoms with Gasteiger partial charge in [-0.15, -0.1) is 0 Å². The van der Waals surface area contributed by atoms with Crippen molar-refractivity contribution >= 4 is 94.5 Å². The van der Waals surface area contributed by atoms with Crippen LogP contribution < -0.4 is 4.90 Å². The minimum Gasteiger partial charge on any atom is -0.378 e. The Balaban J connectivity index is 0.000000193. The van der Waals surface area contributed by atoms with Crippen molar-refractivity contribution in [2.45, 2.75) is 18.1 Å². The van der Waals surface area contributed by atoms with E-state index in [1.165, 1.54) is 0 Å². The summed E-state index contributed by atoms with van der Waals surface area (Å²) in [7, 11) is 0. The number of alkyl halides is 2. The zero-order valence-corrected chi connectivity index (χ0v) is 22.4. The third-order valence-electron chi connectivity index (χ3n) is 4.69. The highest BCUT2D eigenvalue weighted by Gasteiger charge is 2.18. The second-order valence-electron chi connectivity index (χ2n) is 6.89. The molecule has 0 radical (unpaired) electrons. The van der Waals surface area contributed by atoms with E-state index in [1.807, 2.05) is 18.3 Å². The van der Waals surface area contributed by atoms with Crippen LogP contribution in [-0.4, -0.2) is 56.2 Å². The van der Waals surface area contributed by atoms with E-state index in [9.17, 15) is 0 Å². The maximum atomic E-state index is 6.02. The van der Waals surface area contributed by atoms with E-state index in [0.717, 1.165) is 51.7 Å². The van der Waals surface area contributed by atoms with Gasteiger partial charge >= 0.3 is 0 Å². The number of pyridine rings is 2. The van der Waals surface area contributed by atoms with Crippen LogP contribution in [0, 0.1) is 0 Å². The molecule has 0 aromatic carbocycles. The molecule has 4 aromatic rings. The van der Waals surface area contributed by atoms with Gasteiger partial charge in [0.25, 0.3) is 0 Å². The summed E-state index contributed by atoms with van der Waals surface area (Å²) in [6.45, 7) is 2.99. The quantitative estimate of drug-likeness (QED) is 0.145. The highest BCUT2D eigenvalue weighted by atomic mass is 79.9. The standard InChI is InChI=1S/C12H12BrClN4O.C8H4BrCl2N3.CH4/c13-6-8-5-9-10(15-7-8)11(17-12(14)16-9)18-1-3-19-4-2-18;9-2-4-1-5-6(12-3-4)7(10)14-8(11)13-5;/h5,7H,1-4,6H2;1,3H,2H2;1H4. The van der Waals surface area contributed by atoms with E-state index in [2.05, 4.69) is 66.7 Å².